The molecule has 0 unspecified atom stereocenters. The van der Waals surface area contributed by atoms with Gasteiger partial charge in [-0.2, -0.15) is 13.2 Å². The largest absolute Gasteiger partial charge is 0.417 e. The minimum absolute atomic E-state index is 0.0130. The third kappa shape index (κ3) is 3.35. The maximum Gasteiger partial charge on any atom is 0.417 e. The second-order valence-corrected chi connectivity index (χ2v) is 5.89. The van der Waals surface area contributed by atoms with Gasteiger partial charge in [0.15, 0.2) is 5.78 Å². The van der Waals surface area contributed by atoms with Crippen molar-refractivity contribution in [2.45, 2.75) is 6.18 Å². The van der Waals surface area contributed by atoms with Gasteiger partial charge in [-0.1, -0.05) is 22.0 Å². The summed E-state index contributed by atoms with van der Waals surface area (Å²) in [4.78, 5) is 12.2. The Labute approximate surface area is 134 Å². The van der Waals surface area contributed by atoms with Crippen molar-refractivity contribution in [1.29, 1.82) is 0 Å². The van der Waals surface area contributed by atoms with E-state index in [0.717, 1.165) is 18.2 Å². The number of carbonyl (C=O) groups is 1. The van der Waals surface area contributed by atoms with Crippen LogP contribution in [0.4, 0.5) is 17.6 Å². The standard InChI is InChI=1S/C14H6Br2F4O/c15-7-4-5-8(10(6-7)14(18,19)20)13(21)9-2-1-3-11(16)12(9)17/h1-6H. The van der Waals surface area contributed by atoms with Crippen LogP contribution in [0.3, 0.4) is 0 Å². The predicted octanol–water partition coefficient (Wildman–Crippen LogP) is 5.60. The molecule has 0 saturated carbocycles. The molecular weight excluding hydrogens is 420 g/mol. The highest BCUT2D eigenvalue weighted by Crippen LogP contribution is 2.35. The Morgan fingerprint density at radius 2 is 1.67 bits per heavy atom. The van der Waals surface area contributed by atoms with Crippen molar-refractivity contribution < 1.29 is 22.4 Å². The minimum Gasteiger partial charge on any atom is -0.288 e. The fourth-order valence-electron chi connectivity index (χ4n) is 1.77. The highest BCUT2D eigenvalue weighted by molar-refractivity contribution is 9.10. The van der Waals surface area contributed by atoms with E-state index in [1.165, 1.54) is 18.2 Å². The molecule has 0 fully saturated rings. The zero-order chi connectivity index (χ0) is 15.8. The molecule has 110 valence electrons. The molecule has 7 heteroatoms. The molecule has 0 amide bonds. The second-order valence-electron chi connectivity index (χ2n) is 4.12. The summed E-state index contributed by atoms with van der Waals surface area (Å²) in [5, 5.41) is 0. The van der Waals surface area contributed by atoms with Gasteiger partial charge in [0, 0.05) is 10.0 Å². The summed E-state index contributed by atoms with van der Waals surface area (Å²) in [6.45, 7) is 0. The number of ketones is 1. The molecule has 2 aromatic carbocycles. The zero-order valence-electron chi connectivity index (χ0n) is 10.1. The molecule has 0 aliphatic carbocycles. The van der Waals surface area contributed by atoms with E-state index in [1.54, 1.807) is 0 Å². The van der Waals surface area contributed by atoms with Crippen molar-refractivity contribution >= 4 is 37.6 Å². The highest BCUT2D eigenvalue weighted by Gasteiger charge is 2.36. The smallest absolute Gasteiger partial charge is 0.288 e. The molecular formula is C14H6Br2F4O. The van der Waals surface area contributed by atoms with Gasteiger partial charge in [0.2, 0.25) is 0 Å². The molecule has 0 bridgehead atoms. The monoisotopic (exact) mass is 424 g/mol. The maximum atomic E-state index is 13.9. The summed E-state index contributed by atoms with van der Waals surface area (Å²) in [7, 11) is 0. The van der Waals surface area contributed by atoms with E-state index in [4.69, 9.17) is 0 Å². The van der Waals surface area contributed by atoms with Crippen LogP contribution >= 0.6 is 31.9 Å². The molecule has 0 aliphatic heterocycles. The zero-order valence-corrected chi connectivity index (χ0v) is 13.3. The Kier molecular flexibility index (Phi) is 4.53. The Hall–Kier alpha value is -1.21. The van der Waals surface area contributed by atoms with Gasteiger partial charge in [0.1, 0.15) is 5.82 Å². The summed E-state index contributed by atoms with van der Waals surface area (Å²) >= 11 is 5.83. The summed E-state index contributed by atoms with van der Waals surface area (Å²) in [6, 6.07) is 7.01. The predicted molar refractivity (Wildman–Crippen MR) is 76.7 cm³/mol. The van der Waals surface area contributed by atoms with Crippen LogP contribution in [0.5, 0.6) is 0 Å². The van der Waals surface area contributed by atoms with E-state index in [1.807, 2.05) is 0 Å². The van der Waals surface area contributed by atoms with Crippen LogP contribution in [-0.4, -0.2) is 5.78 Å². The van der Waals surface area contributed by atoms with E-state index in [0.29, 0.717) is 0 Å². The molecule has 2 aromatic rings. The van der Waals surface area contributed by atoms with E-state index in [2.05, 4.69) is 31.9 Å². The first-order valence-electron chi connectivity index (χ1n) is 5.57. The SMILES string of the molecule is O=C(c1ccc(Br)cc1C(F)(F)F)c1cccc(Br)c1F. The minimum atomic E-state index is -4.71. The van der Waals surface area contributed by atoms with E-state index < -0.39 is 34.5 Å². The number of carbonyl (C=O) groups excluding carboxylic acids is 1. The van der Waals surface area contributed by atoms with E-state index in [-0.39, 0.29) is 8.95 Å². The van der Waals surface area contributed by atoms with Crippen LogP contribution in [0.1, 0.15) is 21.5 Å². The van der Waals surface area contributed by atoms with Crippen LogP contribution in [0.25, 0.3) is 0 Å². The Morgan fingerprint density at radius 3 is 2.29 bits per heavy atom. The molecule has 0 saturated heterocycles. The molecule has 2 rings (SSSR count). The maximum absolute atomic E-state index is 13.9. The van der Waals surface area contributed by atoms with Crippen LogP contribution in [-0.2, 0) is 6.18 Å². The van der Waals surface area contributed by atoms with Gasteiger partial charge in [0.05, 0.1) is 15.6 Å². The number of hydrogen-bond donors (Lipinski definition) is 0. The molecule has 0 N–H and O–H groups in total. The van der Waals surface area contributed by atoms with Crippen molar-refractivity contribution in [2.75, 3.05) is 0 Å². The van der Waals surface area contributed by atoms with Crippen molar-refractivity contribution in [3.05, 3.63) is 67.9 Å². The van der Waals surface area contributed by atoms with Gasteiger partial charge >= 0.3 is 6.18 Å². The quantitative estimate of drug-likeness (QED) is 0.452. The summed E-state index contributed by atoms with van der Waals surface area (Å²) in [5.74, 6) is -1.91. The average Bonchev–Trinajstić information content (AvgIpc) is 2.40. The van der Waals surface area contributed by atoms with Crippen LogP contribution in [0.15, 0.2) is 45.3 Å². The Bertz CT molecular complexity index is 711. The molecule has 21 heavy (non-hydrogen) atoms. The van der Waals surface area contributed by atoms with Gasteiger partial charge in [-0.3, -0.25) is 4.79 Å². The first-order valence-corrected chi connectivity index (χ1v) is 7.16. The number of hydrogen-bond acceptors (Lipinski definition) is 1. The van der Waals surface area contributed by atoms with Gasteiger partial charge in [-0.05, 0) is 46.3 Å². The lowest BCUT2D eigenvalue weighted by atomic mass is 9.98. The first-order chi connectivity index (χ1) is 9.71. The fourth-order valence-corrected chi connectivity index (χ4v) is 2.50. The molecule has 0 aromatic heterocycles. The lowest BCUT2D eigenvalue weighted by Gasteiger charge is -2.13. The summed E-state index contributed by atoms with van der Waals surface area (Å²) in [6.07, 6.45) is -4.71. The van der Waals surface area contributed by atoms with Crippen molar-refractivity contribution in [1.82, 2.24) is 0 Å². The van der Waals surface area contributed by atoms with Crippen LogP contribution < -0.4 is 0 Å². The van der Waals surface area contributed by atoms with Crippen molar-refractivity contribution in [3.8, 4) is 0 Å². The molecule has 0 heterocycles. The average molecular weight is 426 g/mol. The lowest BCUT2D eigenvalue weighted by Crippen LogP contribution is -2.15. The lowest BCUT2D eigenvalue weighted by molar-refractivity contribution is -0.137. The normalized spacial score (nSPS) is 11.5. The molecule has 0 spiro atoms. The summed E-state index contributed by atoms with van der Waals surface area (Å²) < 4.78 is 53.1. The molecule has 0 atom stereocenters. The number of rotatable bonds is 2. The van der Waals surface area contributed by atoms with Crippen LogP contribution in [0.2, 0.25) is 0 Å². The molecule has 1 nitrogen and oxygen atoms in total. The van der Waals surface area contributed by atoms with Crippen LogP contribution in [0, 0.1) is 5.82 Å². The Morgan fingerprint density at radius 1 is 1.00 bits per heavy atom. The number of benzene rings is 2. The van der Waals surface area contributed by atoms with Gasteiger partial charge in [-0.15, -0.1) is 0 Å². The van der Waals surface area contributed by atoms with Gasteiger partial charge in [-0.25, -0.2) is 4.39 Å². The third-order valence-electron chi connectivity index (χ3n) is 2.73. The van der Waals surface area contributed by atoms with Gasteiger partial charge < -0.3 is 0 Å². The molecule has 0 radical (unpaired) electrons. The fraction of sp³-hybridized carbons (Fsp3) is 0.0714. The Balaban J connectivity index is 2.62. The molecule has 0 aliphatic rings. The summed E-state index contributed by atoms with van der Waals surface area (Å²) in [5.41, 5.74) is -2.12. The van der Waals surface area contributed by atoms with E-state index in [9.17, 15) is 22.4 Å². The topological polar surface area (TPSA) is 17.1 Å². The van der Waals surface area contributed by atoms with Gasteiger partial charge in [0.25, 0.3) is 0 Å². The first kappa shape index (κ1) is 16.2. The van der Waals surface area contributed by atoms with E-state index >= 15 is 0 Å². The number of halogens is 6. The highest BCUT2D eigenvalue weighted by atomic mass is 79.9. The van der Waals surface area contributed by atoms with Crippen molar-refractivity contribution in [3.63, 3.8) is 0 Å². The van der Waals surface area contributed by atoms with Crippen molar-refractivity contribution in [2.24, 2.45) is 0 Å². The second kappa shape index (κ2) is 5.88. The third-order valence-corrected chi connectivity index (χ3v) is 3.83. The number of alkyl halides is 3.